The van der Waals surface area contributed by atoms with Crippen molar-refractivity contribution in [2.45, 2.75) is 19.2 Å². The minimum atomic E-state index is -0.607. The molecular weight excluding hydrogens is 272 g/mol. The zero-order valence-electron chi connectivity index (χ0n) is 11.3. The van der Waals surface area contributed by atoms with E-state index in [4.69, 9.17) is 10.5 Å². The summed E-state index contributed by atoms with van der Waals surface area (Å²) >= 11 is 1.49. The van der Waals surface area contributed by atoms with Crippen LogP contribution in [0.4, 0.5) is 0 Å². The highest BCUT2D eigenvalue weighted by atomic mass is 32.1. The van der Waals surface area contributed by atoms with E-state index in [9.17, 15) is 4.79 Å². The number of nitrogens with one attached hydrogen (secondary N) is 1. The van der Waals surface area contributed by atoms with Gasteiger partial charge in [-0.25, -0.2) is 0 Å². The van der Waals surface area contributed by atoms with Crippen molar-refractivity contribution in [3.05, 3.63) is 57.8 Å². The predicted octanol–water partition coefficient (Wildman–Crippen LogP) is 2.21. The fraction of sp³-hybridized carbons (Fsp3) is 0.267. The van der Waals surface area contributed by atoms with E-state index < -0.39 is 6.04 Å². The summed E-state index contributed by atoms with van der Waals surface area (Å²) in [6.45, 7) is 0.987. The van der Waals surface area contributed by atoms with Gasteiger partial charge in [-0.2, -0.15) is 0 Å². The van der Waals surface area contributed by atoms with Gasteiger partial charge in [-0.15, -0.1) is 11.3 Å². The summed E-state index contributed by atoms with van der Waals surface area (Å²) in [7, 11) is 1.65. The minimum absolute atomic E-state index is 0.167. The molecule has 0 aliphatic heterocycles. The lowest BCUT2D eigenvalue weighted by Gasteiger charge is -2.13. The lowest BCUT2D eigenvalue weighted by Crippen LogP contribution is -2.33. The number of nitrogens with two attached hydrogens (primary N) is 1. The SMILES string of the molecule is COCc1ccccc1CNC(=O)C(N)c1cccs1. The number of hydrogen-bond acceptors (Lipinski definition) is 4. The van der Waals surface area contributed by atoms with Gasteiger partial charge in [0, 0.05) is 18.5 Å². The van der Waals surface area contributed by atoms with Crippen molar-refractivity contribution in [1.82, 2.24) is 5.32 Å². The second-order valence-electron chi connectivity index (χ2n) is 4.41. The second kappa shape index (κ2) is 7.19. The van der Waals surface area contributed by atoms with E-state index in [-0.39, 0.29) is 5.91 Å². The summed E-state index contributed by atoms with van der Waals surface area (Å²) in [5.74, 6) is -0.167. The number of carbonyl (C=O) groups is 1. The molecule has 5 heteroatoms. The van der Waals surface area contributed by atoms with E-state index in [1.54, 1.807) is 7.11 Å². The number of thiophene rings is 1. The van der Waals surface area contributed by atoms with Crippen LogP contribution in [0.5, 0.6) is 0 Å². The van der Waals surface area contributed by atoms with E-state index in [2.05, 4.69) is 5.32 Å². The van der Waals surface area contributed by atoms with Crippen LogP contribution in [0.25, 0.3) is 0 Å². The molecule has 4 nitrogen and oxygen atoms in total. The van der Waals surface area contributed by atoms with Gasteiger partial charge >= 0.3 is 0 Å². The number of benzene rings is 1. The van der Waals surface area contributed by atoms with Crippen molar-refractivity contribution in [3.8, 4) is 0 Å². The van der Waals surface area contributed by atoms with Crippen LogP contribution in [-0.2, 0) is 22.7 Å². The Morgan fingerprint density at radius 2 is 2.05 bits per heavy atom. The van der Waals surface area contributed by atoms with Crippen molar-refractivity contribution in [3.63, 3.8) is 0 Å². The molecule has 20 heavy (non-hydrogen) atoms. The first kappa shape index (κ1) is 14.7. The van der Waals surface area contributed by atoms with Gasteiger partial charge in [-0.1, -0.05) is 30.3 Å². The van der Waals surface area contributed by atoms with Crippen molar-refractivity contribution in [2.24, 2.45) is 5.73 Å². The second-order valence-corrected chi connectivity index (χ2v) is 5.39. The van der Waals surface area contributed by atoms with Crippen molar-refractivity contribution in [2.75, 3.05) is 7.11 Å². The fourth-order valence-electron chi connectivity index (χ4n) is 1.92. The Labute approximate surface area is 122 Å². The first-order valence-corrected chi connectivity index (χ1v) is 7.22. The summed E-state index contributed by atoms with van der Waals surface area (Å²) in [5, 5.41) is 4.79. The number of amides is 1. The normalized spacial score (nSPS) is 12.1. The Morgan fingerprint density at radius 3 is 2.70 bits per heavy atom. The van der Waals surface area contributed by atoms with E-state index in [0.717, 1.165) is 16.0 Å². The molecule has 1 amide bonds. The third kappa shape index (κ3) is 3.66. The van der Waals surface area contributed by atoms with Gasteiger partial charge in [0.05, 0.1) is 6.61 Å². The van der Waals surface area contributed by atoms with Gasteiger partial charge in [-0.05, 0) is 22.6 Å². The monoisotopic (exact) mass is 290 g/mol. The third-order valence-corrected chi connectivity index (χ3v) is 3.96. The first-order chi connectivity index (χ1) is 9.72. The third-order valence-electron chi connectivity index (χ3n) is 3.00. The van der Waals surface area contributed by atoms with Gasteiger partial charge in [-0.3, -0.25) is 4.79 Å². The molecule has 3 N–H and O–H groups in total. The Kier molecular flexibility index (Phi) is 5.29. The predicted molar refractivity (Wildman–Crippen MR) is 80.2 cm³/mol. The molecule has 0 aliphatic rings. The van der Waals surface area contributed by atoms with Crippen molar-refractivity contribution < 1.29 is 9.53 Å². The quantitative estimate of drug-likeness (QED) is 0.857. The zero-order valence-corrected chi connectivity index (χ0v) is 12.2. The van der Waals surface area contributed by atoms with E-state index in [1.807, 2.05) is 41.8 Å². The van der Waals surface area contributed by atoms with E-state index in [0.29, 0.717) is 13.2 Å². The summed E-state index contributed by atoms with van der Waals surface area (Å²) < 4.78 is 5.15. The molecular formula is C15H18N2O2S. The van der Waals surface area contributed by atoms with Crippen LogP contribution in [0, 0.1) is 0 Å². The fourth-order valence-corrected chi connectivity index (χ4v) is 2.64. The number of carbonyl (C=O) groups excluding carboxylic acids is 1. The van der Waals surface area contributed by atoms with E-state index >= 15 is 0 Å². The maximum atomic E-state index is 12.0. The summed E-state index contributed by atoms with van der Waals surface area (Å²) in [4.78, 5) is 12.9. The molecule has 0 bridgehead atoms. The van der Waals surface area contributed by atoms with Crippen LogP contribution in [0.1, 0.15) is 22.0 Å². The highest BCUT2D eigenvalue weighted by Crippen LogP contribution is 2.17. The van der Waals surface area contributed by atoms with Crippen LogP contribution >= 0.6 is 11.3 Å². The van der Waals surface area contributed by atoms with Crippen LogP contribution in [0.3, 0.4) is 0 Å². The van der Waals surface area contributed by atoms with Gasteiger partial charge in [0.2, 0.25) is 5.91 Å². The van der Waals surface area contributed by atoms with Crippen molar-refractivity contribution >= 4 is 17.2 Å². The molecule has 1 heterocycles. The highest BCUT2D eigenvalue weighted by Gasteiger charge is 2.16. The number of ether oxygens (including phenoxy) is 1. The summed E-state index contributed by atoms with van der Waals surface area (Å²) in [6.07, 6.45) is 0. The Balaban J connectivity index is 1.96. The Hall–Kier alpha value is -1.69. The van der Waals surface area contributed by atoms with Gasteiger partial charge in [0.25, 0.3) is 0 Å². The van der Waals surface area contributed by atoms with Crippen LogP contribution < -0.4 is 11.1 Å². The number of methoxy groups -OCH3 is 1. The molecule has 2 aromatic rings. The Bertz CT molecular complexity index is 555. The first-order valence-electron chi connectivity index (χ1n) is 6.34. The average Bonchev–Trinajstić information content (AvgIpc) is 2.99. The molecule has 0 spiro atoms. The Morgan fingerprint density at radius 1 is 1.30 bits per heavy atom. The topological polar surface area (TPSA) is 64.3 Å². The molecule has 0 saturated heterocycles. The lowest BCUT2D eigenvalue weighted by molar-refractivity contribution is -0.122. The van der Waals surface area contributed by atoms with Gasteiger partial charge in [0.15, 0.2) is 0 Å². The molecule has 1 atom stereocenters. The molecule has 0 saturated carbocycles. The smallest absolute Gasteiger partial charge is 0.242 e. The standard InChI is InChI=1S/C15H18N2O2S/c1-19-10-12-6-3-2-5-11(12)9-17-15(18)14(16)13-7-4-8-20-13/h2-8,14H,9-10,16H2,1H3,(H,17,18). The number of rotatable bonds is 6. The zero-order chi connectivity index (χ0) is 14.4. The summed E-state index contributed by atoms with van der Waals surface area (Å²) in [5.41, 5.74) is 8.03. The van der Waals surface area contributed by atoms with Crippen molar-refractivity contribution in [1.29, 1.82) is 0 Å². The molecule has 0 radical (unpaired) electrons. The van der Waals surface area contributed by atoms with Crippen LogP contribution in [-0.4, -0.2) is 13.0 Å². The molecule has 1 aromatic heterocycles. The highest BCUT2D eigenvalue weighted by molar-refractivity contribution is 7.10. The minimum Gasteiger partial charge on any atom is -0.380 e. The average molecular weight is 290 g/mol. The molecule has 106 valence electrons. The largest absolute Gasteiger partial charge is 0.380 e. The molecule has 2 rings (SSSR count). The molecule has 1 aromatic carbocycles. The molecule has 1 unspecified atom stereocenters. The maximum Gasteiger partial charge on any atom is 0.242 e. The van der Waals surface area contributed by atoms with E-state index in [1.165, 1.54) is 11.3 Å². The van der Waals surface area contributed by atoms with Crippen LogP contribution in [0.15, 0.2) is 41.8 Å². The van der Waals surface area contributed by atoms with Gasteiger partial charge in [0.1, 0.15) is 6.04 Å². The van der Waals surface area contributed by atoms with Gasteiger partial charge < -0.3 is 15.8 Å². The maximum absolute atomic E-state index is 12.0. The lowest BCUT2D eigenvalue weighted by atomic mass is 10.1. The molecule has 0 aliphatic carbocycles. The van der Waals surface area contributed by atoms with Crippen LogP contribution in [0.2, 0.25) is 0 Å². The molecule has 0 fully saturated rings. The summed E-state index contributed by atoms with van der Waals surface area (Å²) in [6, 6.07) is 11.0. The number of hydrogen-bond donors (Lipinski definition) is 2.